The van der Waals surface area contributed by atoms with E-state index >= 15 is 0 Å². The third-order valence-electron chi connectivity index (χ3n) is 6.25. The number of sulfonamides is 1. The summed E-state index contributed by atoms with van der Waals surface area (Å²) in [5.41, 5.74) is 0.466. The number of amides is 1. The summed E-state index contributed by atoms with van der Waals surface area (Å²) in [6.45, 7) is -0.146. The second-order valence-corrected chi connectivity index (χ2v) is 11.5. The number of nitrogens with one attached hydrogen (secondary N) is 1. The van der Waals surface area contributed by atoms with Gasteiger partial charge in [0.2, 0.25) is 16.1 Å². The molecule has 0 aliphatic carbocycles. The number of terminal acetylenes is 1. The first kappa shape index (κ1) is 33.7. The summed E-state index contributed by atoms with van der Waals surface area (Å²) in [6, 6.07) is 14.1. The van der Waals surface area contributed by atoms with Crippen LogP contribution in [0.4, 0.5) is 0 Å². The molecule has 12 nitrogen and oxygen atoms in total. The van der Waals surface area contributed by atoms with Gasteiger partial charge < -0.3 is 19.5 Å². The number of benzene rings is 2. The van der Waals surface area contributed by atoms with Gasteiger partial charge in [-0.2, -0.15) is 4.31 Å². The Kier molecular flexibility index (Phi) is 12.4. The third kappa shape index (κ3) is 9.62. The van der Waals surface area contributed by atoms with Gasteiger partial charge in [-0.1, -0.05) is 60.5 Å². The Hall–Kier alpha value is -4.80. The molecule has 0 saturated heterocycles. The van der Waals surface area contributed by atoms with Gasteiger partial charge in [0, 0.05) is 25.9 Å². The Morgan fingerprint density at radius 2 is 1.66 bits per heavy atom. The molecule has 232 valence electrons. The highest BCUT2D eigenvalue weighted by molar-refractivity contribution is 7.89. The zero-order chi connectivity index (χ0) is 32.1. The SMILES string of the molecule is C#CCN1C/C=C\CC(=O)COC(=O)C(C)OC(=O)C(Cc2ccccc2)OC(=O)CCNC(=O)c2ccccc2S1(=O)=O. The van der Waals surface area contributed by atoms with Crippen LogP contribution in [0.1, 0.15) is 35.7 Å². The minimum Gasteiger partial charge on any atom is -0.455 e. The molecule has 0 fully saturated rings. The van der Waals surface area contributed by atoms with Crippen LogP contribution in [-0.2, 0) is 49.8 Å². The van der Waals surface area contributed by atoms with Crippen LogP contribution in [0.25, 0.3) is 0 Å². The number of fused-ring (bicyclic) bond motifs is 1. The number of hydrogen-bond acceptors (Lipinski definition) is 10. The number of ketones is 1. The van der Waals surface area contributed by atoms with E-state index in [1.807, 2.05) is 0 Å². The van der Waals surface area contributed by atoms with E-state index in [1.54, 1.807) is 30.3 Å². The molecule has 1 N–H and O–H groups in total. The molecule has 1 heterocycles. The molecule has 0 saturated carbocycles. The highest BCUT2D eigenvalue weighted by Gasteiger charge is 2.30. The van der Waals surface area contributed by atoms with Crippen molar-refractivity contribution >= 4 is 39.6 Å². The number of cyclic esters (lactones) is 3. The number of rotatable bonds is 3. The number of ether oxygens (including phenoxy) is 3. The molecule has 0 radical (unpaired) electrons. The van der Waals surface area contributed by atoms with E-state index in [0.717, 1.165) is 4.31 Å². The van der Waals surface area contributed by atoms with E-state index in [1.165, 1.54) is 43.3 Å². The first-order valence-electron chi connectivity index (χ1n) is 13.6. The van der Waals surface area contributed by atoms with Crippen molar-refractivity contribution in [2.24, 2.45) is 0 Å². The van der Waals surface area contributed by atoms with Crippen molar-refractivity contribution in [2.75, 3.05) is 26.2 Å². The lowest BCUT2D eigenvalue weighted by Crippen LogP contribution is -2.37. The Bertz CT molecular complexity index is 1550. The number of allylic oxidation sites excluding steroid dienone is 1. The summed E-state index contributed by atoms with van der Waals surface area (Å²) < 4.78 is 43.4. The lowest BCUT2D eigenvalue weighted by molar-refractivity contribution is -0.178. The molecule has 44 heavy (non-hydrogen) atoms. The van der Waals surface area contributed by atoms with Crippen LogP contribution in [0.15, 0.2) is 71.6 Å². The van der Waals surface area contributed by atoms with Crippen LogP contribution in [0.5, 0.6) is 0 Å². The standard InChI is InChI=1S/C31H32N2O10S/c1-3-18-33-19-10-9-13-24(34)21-41-30(37)22(2)42-31(38)26(20-23-11-5-4-6-12-23)43-28(35)16-17-32-29(36)25-14-7-8-15-27(25)44(33,39)40/h1,4-12,14-15,22,26H,13,16-21H2,2H3,(H,32,36)/b10-9-. The van der Waals surface area contributed by atoms with E-state index < -0.39 is 58.4 Å². The number of esters is 3. The predicted octanol–water partition coefficient (Wildman–Crippen LogP) is 1.59. The molecule has 3 rings (SSSR count). The number of Topliss-reactive ketones (excluding diaryl/α,β-unsaturated/α-hetero) is 1. The van der Waals surface area contributed by atoms with E-state index in [9.17, 15) is 32.4 Å². The van der Waals surface area contributed by atoms with Crippen molar-refractivity contribution in [3.8, 4) is 12.3 Å². The summed E-state index contributed by atoms with van der Waals surface area (Å²) in [5, 5.41) is 2.49. The summed E-state index contributed by atoms with van der Waals surface area (Å²) in [6.07, 6.45) is 4.72. The van der Waals surface area contributed by atoms with Gasteiger partial charge >= 0.3 is 17.9 Å². The highest BCUT2D eigenvalue weighted by atomic mass is 32.2. The third-order valence-corrected chi connectivity index (χ3v) is 8.12. The second-order valence-electron chi connectivity index (χ2n) is 9.57. The van der Waals surface area contributed by atoms with Gasteiger partial charge in [-0.3, -0.25) is 14.4 Å². The Labute approximate surface area is 255 Å². The number of nitrogens with zero attached hydrogens (tertiary/aromatic N) is 1. The molecule has 2 aromatic rings. The Morgan fingerprint density at radius 3 is 2.39 bits per heavy atom. The van der Waals surface area contributed by atoms with Crippen molar-refractivity contribution in [1.82, 2.24) is 9.62 Å². The van der Waals surface area contributed by atoms with Gasteiger partial charge in [0.1, 0.15) is 6.61 Å². The number of hydrogen-bond donors (Lipinski definition) is 1. The minimum atomic E-state index is -4.27. The average molecular weight is 625 g/mol. The summed E-state index contributed by atoms with van der Waals surface area (Å²) >= 11 is 0. The first-order valence-corrected chi connectivity index (χ1v) is 15.0. The van der Waals surface area contributed by atoms with Crippen molar-refractivity contribution in [3.63, 3.8) is 0 Å². The van der Waals surface area contributed by atoms with Gasteiger partial charge in [0.15, 0.2) is 11.9 Å². The van der Waals surface area contributed by atoms with Crippen LogP contribution >= 0.6 is 0 Å². The fourth-order valence-electron chi connectivity index (χ4n) is 3.99. The minimum absolute atomic E-state index is 0.0657. The van der Waals surface area contributed by atoms with Gasteiger partial charge in [-0.05, 0) is 24.6 Å². The van der Waals surface area contributed by atoms with Gasteiger partial charge in [-0.15, -0.1) is 6.42 Å². The highest BCUT2D eigenvalue weighted by Crippen LogP contribution is 2.20. The fraction of sp³-hybridized carbons (Fsp3) is 0.323. The second kappa shape index (κ2) is 16.2. The van der Waals surface area contributed by atoms with Crippen molar-refractivity contribution in [3.05, 3.63) is 77.9 Å². The first-order chi connectivity index (χ1) is 21.0. The van der Waals surface area contributed by atoms with E-state index in [-0.39, 0.29) is 49.4 Å². The molecule has 1 amide bonds. The molecule has 0 bridgehead atoms. The van der Waals surface area contributed by atoms with Crippen LogP contribution < -0.4 is 5.32 Å². The van der Waals surface area contributed by atoms with E-state index in [2.05, 4.69) is 11.2 Å². The quantitative estimate of drug-likeness (QED) is 0.230. The molecule has 2 atom stereocenters. The summed E-state index contributed by atoms with van der Waals surface area (Å²) in [4.78, 5) is 63.0. The van der Waals surface area contributed by atoms with E-state index in [0.29, 0.717) is 5.56 Å². The van der Waals surface area contributed by atoms with Crippen molar-refractivity contribution in [1.29, 1.82) is 0 Å². The molecule has 0 aromatic heterocycles. The zero-order valence-corrected chi connectivity index (χ0v) is 24.8. The van der Waals surface area contributed by atoms with Crippen LogP contribution in [0, 0.1) is 12.3 Å². The maximum atomic E-state index is 13.5. The molecule has 2 unspecified atom stereocenters. The maximum absolute atomic E-state index is 13.5. The van der Waals surface area contributed by atoms with Gasteiger partial charge in [0.25, 0.3) is 5.91 Å². The smallest absolute Gasteiger partial charge is 0.348 e. The molecule has 0 spiro atoms. The largest absolute Gasteiger partial charge is 0.455 e. The number of carbonyl (C=O) groups is 5. The molecule has 13 heteroatoms. The maximum Gasteiger partial charge on any atom is 0.348 e. The van der Waals surface area contributed by atoms with Gasteiger partial charge in [0.05, 0.1) is 23.4 Å². The molecule has 1 aliphatic rings. The summed E-state index contributed by atoms with van der Waals surface area (Å²) in [5.74, 6) is -1.88. The Balaban J connectivity index is 1.88. The fourth-order valence-corrected chi connectivity index (χ4v) is 5.49. The predicted molar refractivity (Wildman–Crippen MR) is 156 cm³/mol. The molecule has 2 aromatic carbocycles. The van der Waals surface area contributed by atoms with Gasteiger partial charge in [-0.25, -0.2) is 18.0 Å². The number of carbonyl (C=O) groups excluding carboxylic acids is 5. The Morgan fingerprint density at radius 1 is 0.955 bits per heavy atom. The summed E-state index contributed by atoms with van der Waals surface area (Å²) in [7, 11) is -4.27. The van der Waals surface area contributed by atoms with Crippen LogP contribution in [0.3, 0.4) is 0 Å². The normalized spacial score (nSPS) is 22.0. The van der Waals surface area contributed by atoms with Crippen molar-refractivity contribution in [2.45, 2.75) is 43.3 Å². The lowest BCUT2D eigenvalue weighted by atomic mass is 10.1. The van der Waals surface area contributed by atoms with E-state index in [4.69, 9.17) is 20.6 Å². The molecular formula is C31H32N2O10S. The molecular weight excluding hydrogens is 592 g/mol. The zero-order valence-electron chi connectivity index (χ0n) is 24.0. The lowest BCUT2D eigenvalue weighted by Gasteiger charge is -2.20. The van der Waals surface area contributed by atoms with Crippen molar-refractivity contribution < 1.29 is 46.6 Å². The van der Waals surface area contributed by atoms with Crippen LogP contribution in [-0.4, -0.2) is 80.8 Å². The topological polar surface area (TPSA) is 162 Å². The monoisotopic (exact) mass is 624 g/mol. The van der Waals surface area contributed by atoms with Crippen LogP contribution in [0.2, 0.25) is 0 Å². The molecule has 1 aliphatic heterocycles. The average Bonchev–Trinajstić information content (AvgIpc) is 3.00.